The number of hydrogen-bond acceptors (Lipinski definition) is 16. The Balaban J connectivity index is 2.36. The Labute approximate surface area is 403 Å². The second-order valence-electron chi connectivity index (χ2n) is 20.8. The third-order valence-corrected chi connectivity index (χ3v) is 15.7. The van der Waals surface area contributed by atoms with Crippen molar-refractivity contribution in [3.8, 4) is 0 Å². The van der Waals surface area contributed by atoms with Crippen LogP contribution in [0.3, 0.4) is 0 Å². The molecule has 0 saturated carbocycles. The highest BCUT2D eigenvalue weighted by Crippen LogP contribution is 2.63. The summed E-state index contributed by atoms with van der Waals surface area (Å²) in [6, 6.07) is -3.31. The van der Waals surface area contributed by atoms with E-state index in [1.807, 2.05) is 13.0 Å². The summed E-state index contributed by atoms with van der Waals surface area (Å²) < 4.78 is 65.8. The van der Waals surface area contributed by atoms with E-state index in [4.69, 9.17) is 40.2 Å². The maximum atomic E-state index is 13.6. The van der Waals surface area contributed by atoms with Crippen LogP contribution in [0.2, 0.25) is 0 Å². The van der Waals surface area contributed by atoms with Crippen molar-refractivity contribution in [2.24, 2.45) is 16.2 Å². The molecule has 0 aromatic rings. The Morgan fingerprint density at radius 1 is 0.721 bits per heavy atom. The number of aliphatic hydroxyl groups excluding tert-OH is 4. The number of aliphatic hydroxyl groups is 4. The highest BCUT2D eigenvalue weighted by molar-refractivity contribution is 7.61. The second kappa shape index (κ2) is 25.0. The molecule has 2 saturated heterocycles. The van der Waals surface area contributed by atoms with Gasteiger partial charge < -0.3 is 64.6 Å². The van der Waals surface area contributed by atoms with E-state index in [-0.39, 0.29) is 22.7 Å². The number of nitrogens with one attached hydrogen (secondary N) is 2. The van der Waals surface area contributed by atoms with Crippen molar-refractivity contribution in [3.63, 3.8) is 0 Å². The first-order valence-electron chi connectivity index (χ1n) is 22.7. The van der Waals surface area contributed by atoms with E-state index in [2.05, 4.69) is 85.1 Å². The Kier molecular flexibility index (Phi) is 22.8. The lowest BCUT2D eigenvalue weighted by atomic mass is 9.63. The largest absolute Gasteiger partial charge is 0.483 e. The van der Waals surface area contributed by atoms with Crippen LogP contribution >= 0.6 is 15.6 Å². The van der Waals surface area contributed by atoms with Crippen LogP contribution in [0.5, 0.6) is 0 Å². The molecule has 2 aliphatic rings. The number of phosphoric ester groups is 2. The zero-order valence-corrected chi connectivity index (χ0v) is 44.2. The van der Waals surface area contributed by atoms with Crippen molar-refractivity contribution in [1.29, 1.82) is 0 Å². The van der Waals surface area contributed by atoms with Gasteiger partial charge in [-0.15, -0.1) is 0 Å². The summed E-state index contributed by atoms with van der Waals surface area (Å²) >= 11 is 0. The molecule has 0 bridgehead atoms. The van der Waals surface area contributed by atoms with Gasteiger partial charge in [0.1, 0.15) is 60.5 Å². The first-order valence-corrected chi connectivity index (χ1v) is 25.6. The number of phosphoric acid groups is 2. The quantitative estimate of drug-likeness (QED) is 0.0354. The highest BCUT2D eigenvalue weighted by atomic mass is 31.3. The SMILES string of the molecule is [B]C(=O)[C@@H](C)O[C@@H]1[C@@H](NC(C)=O)[C@@H](OP(=O)(O)OP(=O)(O)OC(C)(C)C/C=C(/C)CC(C)(C)C(C)(C)C/C=C(\C)C(C)(C)CC=C(C)C)O[C@H](CO)[C@H]1O[C@H]1O[C@H](CO)[C@@H](O)[C@H](O)[C@H]1NC(C)=O. The van der Waals surface area contributed by atoms with Crippen LogP contribution in [-0.4, -0.2) is 142 Å². The predicted octanol–water partition coefficient (Wildman–Crippen LogP) is 4.53. The average Bonchev–Trinajstić information content (AvgIpc) is 3.18. The van der Waals surface area contributed by atoms with Gasteiger partial charge in [0.05, 0.1) is 18.8 Å². The molecule has 2 rings (SSSR count). The van der Waals surface area contributed by atoms with Crippen molar-refractivity contribution in [1.82, 2.24) is 10.6 Å². The summed E-state index contributed by atoms with van der Waals surface area (Å²) in [6.45, 7) is 26.0. The lowest BCUT2D eigenvalue weighted by molar-refractivity contribution is -0.331. The minimum Gasteiger partial charge on any atom is -0.394 e. The lowest BCUT2D eigenvalue weighted by Crippen LogP contribution is -2.70. The first-order chi connectivity index (χ1) is 30.9. The maximum absolute atomic E-state index is 13.6. The molecule has 0 aromatic heterocycles. The highest BCUT2D eigenvalue weighted by Gasteiger charge is 2.55. The van der Waals surface area contributed by atoms with Crippen LogP contribution < -0.4 is 10.6 Å². The molecule has 2 heterocycles. The maximum Gasteiger partial charge on any atom is 0.483 e. The van der Waals surface area contributed by atoms with Crippen LogP contribution in [0.4, 0.5) is 0 Å². The molecule has 0 spiro atoms. The van der Waals surface area contributed by atoms with Crippen molar-refractivity contribution >= 4 is 41.0 Å². The fraction of sp³-hybridized carbons (Fsp3) is 0.800. The summed E-state index contributed by atoms with van der Waals surface area (Å²) in [6.07, 6.45) is -6.58. The Bertz CT molecular complexity index is 1920. The van der Waals surface area contributed by atoms with E-state index in [0.717, 1.165) is 32.3 Å². The second-order valence-corrected chi connectivity index (χ2v) is 23.7. The molecule has 2 unspecified atom stereocenters. The van der Waals surface area contributed by atoms with Gasteiger partial charge in [-0.25, -0.2) is 9.13 Å². The number of allylic oxidation sites excluding steroid dienone is 5. The van der Waals surface area contributed by atoms with Crippen LogP contribution in [0.15, 0.2) is 34.9 Å². The van der Waals surface area contributed by atoms with E-state index in [1.165, 1.54) is 31.9 Å². The molecule has 0 aromatic carbocycles. The monoisotopic (exact) mass is 1010 g/mol. The number of carbonyl (C=O) groups excluding carboxylic acids is 3. The van der Waals surface area contributed by atoms with Gasteiger partial charge >= 0.3 is 15.6 Å². The van der Waals surface area contributed by atoms with Gasteiger partial charge in [0.15, 0.2) is 20.4 Å². The molecular weight excluding hydrogens is 929 g/mol. The van der Waals surface area contributed by atoms with E-state index in [9.17, 15) is 53.7 Å². The van der Waals surface area contributed by atoms with Gasteiger partial charge in [-0.2, -0.15) is 4.31 Å². The van der Waals surface area contributed by atoms with Gasteiger partial charge in [-0.1, -0.05) is 76.5 Å². The van der Waals surface area contributed by atoms with E-state index in [0.29, 0.717) is 6.42 Å². The number of hydrogen-bond donors (Lipinski definition) is 8. The molecule has 2 radical (unpaired) electrons. The number of ether oxygens (including phenoxy) is 4. The minimum atomic E-state index is -5.76. The minimum absolute atomic E-state index is 0.00776. The molecule has 2 aliphatic heterocycles. The van der Waals surface area contributed by atoms with Gasteiger partial charge in [0, 0.05) is 13.8 Å². The molecule has 68 heavy (non-hydrogen) atoms. The molecule has 0 aliphatic carbocycles. The lowest BCUT2D eigenvalue weighted by Gasteiger charge is -2.49. The van der Waals surface area contributed by atoms with Crippen molar-refractivity contribution < 1.29 is 86.0 Å². The van der Waals surface area contributed by atoms with Crippen molar-refractivity contribution in [2.45, 2.75) is 203 Å². The Morgan fingerprint density at radius 2 is 1.26 bits per heavy atom. The van der Waals surface area contributed by atoms with Gasteiger partial charge in [-0.3, -0.25) is 18.6 Å². The summed E-state index contributed by atoms with van der Waals surface area (Å²) in [5, 5.41) is 46.5. The fourth-order valence-electron chi connectivity index (χ4n) is 7.56. The molecule has 20 nitrogen and oxygen atoms in total. The molecule has 390 valence electrons. The van der Waals surface area contributed by atoms with E-state index >= 15 is 0 Å². The summed E-state index contributed by atoms with van der Waals surface area (Å²) in [5.74, 6) is -1.54. The number of amides is 2. The van der Waals surface area contributed by atoms with Crippen LogP contribution in [0.1, 0.15) is 130 Å². The third-order valence-electron chi connectivity index (χ3n) is 12.8. The summed E-state index contributed by atoms with van der Waals surface area (Å²) in [5.41, 5.74) is 0.756. The van der Waals surface area contributed by atoms with Crippen LogP contribution in [0.25, 0.3) is 0 Å². The smallest absolute Gasteiger partial charge is 0.394 e. The van der Waals surface area contributed by atoms with E-state index < -0.39 is 119 Å². The van der Waals surface area contributed by atoms with Crippen LogP contribution in [-0.2, 0) is 55.8 Å². The average molecular weight is 1010 g/mol. The Hall–Kier alpha value is -2.17. The van der Waals surface area contributed by atoms with Crippen molar-refractivity contribution in [3.05, 3.63) is 34.9 Å². The van der Waals surface area contributed by atoms with Gasteiger partial charge in [0.25, 0.3) is 0 Å². The standard InChI is InChI=1S/C45H79BN2O18P2/c1-25(2)16-19-42(8,9)27(4)18-20-43(10,11)44(12,13)22-26(3)17-21-45(14,15)65-68(58,59)66-67(56,57)64-41-34(48-30(7)52)38(60-28(5)39(46)55)37(32(24-50)62-41)63-40-33(47-29(6)51)36(54)35(53)31(23-49)61-40/h16-18,28,31-38,40-41,49-50,53-54H,19-24H2,1-15H3,(H,47,51)(H,48,52)(H,56,57)(H,58,59)/b26-17-,27-18+/t28-,31-,32-,33-,34-,35-,36-,37-,38-,40-,41-/m1/s1. The molecule has 2 fully saturated rings. The van der Waals surface area contributed by atoms with Gasteiger partial charge in [0.2, 0.25) is 11.8 Å². The van der Waals surface area contributed by atoms with E-state index in [1.54, 1.807) is 0 Å². The zero-order chi connectivity index (χ0) is 52.5. The molecule has 8 N–H and O–H groups in total. The third kappa shape index (κ3) is 18.5. The van der Waals surface area contributed by atoms with Crippen LogP contribution in [0, 0.1) is 16.2 Å². The number of carbonyl (C=O) groups is 3. The molecule has 23 heteroatoms. The molecule has 13 atom stereocenters. The molecular formula is C45H79BN2O18P2. The summed E-state index contributed by atoms with van der Waals surface area (Å²) in [7, 11) is -5.75. The van der Waals surface area contributed by atoms with Crippen molar-refractivity contribution in [2.75, 3.05) is 13.2 Å². The zero-order valence-electron chi connectivity index (χ0n) is 42.4. The predicted molar refractivity (Wildman–Crippen MR) is 252 cm³/mol. The topological polar surface area (TPSA) is 295 Å². The fourth-order valence-corrected chi connectivity index (χ4v) is 10.0. The Morgan fingerprint density at radius 3 is 1.78 bits per heavy atom. The van der Waals surface area contributed by atoms with Gasteiger partial charge in [-0.05, 0) is 90.4 Å². The molecule has 2 amide bonds. The number of rotatable bonds is 25. The normalized spacial score (nSPS) is 29.0. The first kappa shape index (κ1) is 62.0. The summed E-state index contributed by atoms with van der Waals surface area (Å²) in [4.78, 5) is 58.8.